The number of unbranched alkanes of at least 4 members (excludes halogenated alkanes) is 14. The van der Waals surface area contributed by atoms with E-state index < -0.39 is 0 Å². The topological polar surface area (TPSA) is 141 Å². The van der Waals surface area contributed by atoms with Gasteiger partial charge in [0, 0.05) is 0 Å². The third kappa shape index (κ3) is 18.5. The zero-order chi connectivity index (χ0) is 36.9. The van der Waals surface area contributed by atoms with E-state index in [2.05, 4.69) is 0 Å². The zero-order valence-corrected chi connectivity index (χ0v) is 31.3. The average molecular weight is 713 g/mol. The second-order valence-electron chi connectivity index (χ2n) is 13.2. The first-order valence-electron chi connectivity index (χ1n) is 19.4. The molecule has 52 heavy (non-hydrogen) atoms. The van der Waals surface area contributed by atoms with Crippen LogP contribution in [-0.2, 0) is 0 Å². The fourth-order valence-corrected chi connectivity index (χ4v) is 5.71. The van der Waals surface area contributed by atoms with Crippen molar-refractivity contribution in [2.45, 2.75) is 103 Å². The van der Waals surface area contributed by atoms with Crippen molar-refractivity contribution in [2.75, 3.05) is 49.4 Å². The fraction of sp³-hybridized carbons (Fsp3) is 0.455. The van der Waals surface area contributed by atoms with Crippen LogP contribution in [0.1, 0.15) is 103 Å². The van der Waals surface area contributed by atoms with Gasteiger partial charge >= 0.3 is 0 Å². The summed E-state index contributed by atoms with van der Waals surface area (Å²) in [6, 6.07) is 30.7. The molecule has 0 radical (unpaired) electrons. The van der Waals surface area contributed by atoms with E-state index in [0.29, 0.717) is 22.7 Å². The molecule has 4 aromatic carbocycles. The number of hydrogen-bond donors (Lipinski definition) is 4. The van der Waals surface area contributed by atoms with E-state index >= 15 is 0 Å². The van der Waals surface area contributed by atoms with E-state index in [1.807, 2.05) is 97.1 Å². The molecule has 8 N–H and O–H groups in total. The smallest absolute Gasteiger partial charge is 0.142 e. The molecule has 4 rings (SSSR count). The minimum atomic E-state index is 0.714. The van der Waals surface area contributed by atoms with Gasteiger partial charge in [0.2, 0.25) is 0 Å². The molecule has 8 nitrogen and oxygen atoms in total. The predicted molar refractivity (Wildman–Crippen MR) is 219 cm³/mol. The third-order valence-electron chi connectivity index (χ3n) is 8.78. The van der Waals surface area contributed by atoms with Crippen LogP contribution in [0.3, 0.4) is 0 Å². The van der Waals surface area contributed by atoms with Gasteiger partial charge in [0.25, 0.3) is 0 Å². The first-order valence-corrected chi connectivity index (χ1v) is 19.4. The highest BCUT2D eigenvalue weighted by atomic mass is 16.5. The summed E-state index contributed by atoms with van der Waals surface area (Å²) in [7, 11) is 0. The number of hydrogen-bond acceptors (Lipinski definition) is 8. The molecule has 0 bridgehead atoms. The molecular formula is C44H64N4O4. The maximum atomic E-state index is 5.85. The van der Waals surface area contributed by atoms with Crippen molar-refractivity contribution in [1.29, 1.82) is 0 Å². The Kier molecular flexibility index (Phi) is 21.7. The summed E-state index contributed by atoms with van der Waals surface area (Å²) in [6.07, 6.45) is 19.4. The lowest BCUT2D eigenvalue weighted by molar-refractivity contribution is 0.302. The van der Waals surface area contributed by atoms with Gasteiger partial charge in [0.1, 0.15) is 23.0 Å². The number of rotatable bonds is 26. The van der Waals surface area contributed by atoms with Gasteiger partial charge in [-0.25, -0.2) is 0 Å². The minimum absolute atomic E-state index is 0.714. The molecule has 0 spiro atoms. The molecule has 8 heteroatoms. The molecule has 0 saturated carbocycles. The molecule has 4 aromatic rings. The Bertz CT molecular complexity index is 1260. The van der Waals surface area contributed by atoms with Gasteiger partial charge in [-0.3, -0.25) is 0 Å². The van der Waals surface area contributed by atoms with Gasteiger partial charge < -0.3 is 41.9 Å². The number of nitrogens with two attached hydrogens (primary N) is 4. The monoisotopic (exact) mass is 712 g/mol. The van der Waals surface area contributed by atoms with Crippen LogP contribution >= 0.6 is 0 Å². The third-order valence-corrected chi connectivity index (χ3v) is 8.78. The average Bonchev–Trinajstić information content (AvgIpc) is 3.15. The van der Waals surface area contributed by atoms with Crippen molar-refractivity contribution in [3.63, 3.8) is 0 Å². The van der Waals surface area contributed by atoms with Crippen molar-refractivity contribution in [1.82, 2.24) is 0 Å². The lowest BCUT2D eigenvalue weighted by Gasteiger charge is -2.09. The van der Waals surface area contributed by atoms with Gasteiger partial charge in [-0.05, 0) is 74.2 Å². The van der Waals surface area contributed by atoms with Crippen LogP contribution in [0.4, 0.5) is 22.7 Å². The molecular weight excluding hydrogens is 649 g/mol. The Morgan fingerprint density at radius 2 is 0.423 bits per heavy atom. The molecule has 0 heterocycles. The largest absolute Gasteiger partial charge is 0.491 e. The maximum Gasteiger partial charge on any atom is 0.142 e. The van der Waals surface area contributed by atoms with E-state index in [1.54, 1.807) is 0 Å². The summed E-state index contributed by atoms with van der Waals surface area (Å²) in [6.45, 7) is 2.98. The highest BCUT2D eigenvalue weighted by Crippen LogP contribution is 2.23. The van der Waals surface area contributed by atoms with Gasteiger partial charge in [0.15, 0.2) is 0 Å². The number of nitrogen functional groups attached to an aromatic ring is 4. The van der Waals surface area contributed by atoms with Gasteiger partial charge in [-0.15, -0.1) is 0 Å². The van der Waals surface area contributed by atoms with Crippen LogP contribution in [0, 0.1) is 0 Å². The lowest BCUT2D eigenvalue weighted by atomic mass is 10.1. The van der Waals surface area contributed by atoms with Crippen LogP contribution in [0.25, 0.3) is 0 Å². The second kappa shape index (κ2) is 27.0. The molecule has 0 unspecified atom stereocenters. The second-order valence-corrected chi connectivity index (χ2v) is 13.2. The summed E-state index contributed by atoms with van der Waals surface area (Å²) >= 11 is 0. The normalized spacial score (nSPS) is 10.6. The first kappa shape index (κ1) is 41.7. The predicted octanol–water partition coefficient (Wildman–Crippen LogP) is 10.9. The highest BCUT2D eigenvalue weighted by Gasteiger charge is 2.02. The number of para-hydroxylation sites is 8. The zero-order valence-electron chi connectivity index (χ0n) is 31.3. The van der Waals surface area contributed by atoms with E-state index in [1.165, 1.54) is 77.0 Å². The van der Waals surface area contributed by atoms with Crippen LogP contribution in [0.5, 0.6) is 23.0 Å². The first-order chi connectivity index (χ1) is 25.5. The van der Waals surface area contributed by atoms with Crippen molar-refractivity contribution in [2.24, 2.45) is 0 Å². The Labute approximate surface area is 313 Å². The standard InChI is InChI=1S/2C22H32N2O2/c2*23-19-13-7-9-15-21(19)25-17-11-5-3-1-2-4-6-12-18-26-22-16-10-8-14-20(22)24/h2*7-10,13-16H,1-6,11-12,17-18,23-24H2. The van der Waals surface area contributed by atoms with E-state index in [9.17, 15) is 0 Å². The maximum absolute atomic E-state index is 5.85. The Balaban J connectivity index is 0.000000280. The molecule has 284 valence electrons. The lowest BCUT2D eigenvalue weighted by Crippen LogP contribution is -2.00. The van der Waals surface area contributed by atoms with Gasteiger partial charge in [-0.1, -0.05) is 126 Å². The summed E-state index contributed by atoms with van der Waals surface area (Å²) in [4.78, 5) is 0. The molecule has 0 aliphatic carbocycles. The van der Waals surface area contributed by atoms with Crippen molar-refractivity contribution in [3.8, 4) is 23.0 Å². The molecule has 0 atom stereocenters. The summed E-state index contributed by atoms with van der Waals surface area (Å²) in [5.41, 5.74) is 26.3. The minimum Gasteiger partial charge on any atom is -0.491 e. The summed E-state index contributed by atoms with van der Waals surface area (Å²) in [5, 5.41) is 0. The Morgan fingerprint density at radius 1 is 0.250 bits per heavy atom. The van der Waals surface area contributed by atoms with Crippen LogP contribution in [0.2, 0.25) is 0 Å². The van der Waals surface area contributed by atoms with Crippen molar-refractivity contribution in [3.05, 3.63) is 97.1 Å². The molecule has 0 fully saturated rings. The van der Waals surface area contributed by atoms with Crippen molar-refractivity contribution < 1.29 is 18.9 Å². The van der Waals surface area contributed by atoms with E-state index in [4.69, 9.17) is 41.9 Å². The Morgan fingerprint density at radius 3 is 0.615 bits per heavy atom. The molecule has 0 aliphatic rings. The quantitative estimate of drug-likeness (QED) is 0.0372. The summed E-state index contributed by atoms with van der Waals surface area (Å²) < 4.78 is 22.8. The van der Waals surface area contributed by atoms with Gasteiger partial charge in [0.05, 0.1) is 49.2 Å². The fourth-order valence-electron chi connectivity index (χ4n) is 5.71. The van der Waals surface area contributed by atoms with Gasteiger partial charge in [-0.2, -0.15) is 0 Å². The summed E-state index contributed by atoms with van der Waals surface area (Å²) in [5.74, 6) is 3.19. The van der Waals surface area contributed by atoms with E-state index in [0.717, 1.165) is 75.1 Å². The molecule has 0 saturated heterocycles. The van der Waals surface area contributed by atoms with Crippen LogP contribution < -0.4 is 41.9 Å². The van der Waals surface area contributed by atoms with Crippen molar-refractivity contribution >= 4 is 22.7 Å². The molecule has 0 aromatic heterocycles. The Hall–Kier alpha value is -4.72. The SMILES string of the molecule is Nc1ccccc1OCCCCCCCCCCOc1ccccc1N.Nc1ccccc1OCCCCCCCCCCOc1ccccc1N. The number of anilines is 4. The number of benzene rings is 4. The number of ether oxygens (including phenoxy) is 4. The molecule has 0 aliphatic heterocycles. The molecule has 0 amide bonds. The van der Waals surface area contributed by atoms with Crippen LogP contribution in [0.15, 0.2) is 97.1 Å². The van der Waals surface area contributed by atoms with Crippen LogP contribution in [-0.4, -0.2) is 26.4 Å². The van der Waals surface area contributed by atoms with E-state index in [-0.39, 0.29) is 0 Å². The highest BCUT2D eigenvalue weighted by molar-refractivity contribution is 5.53.